The molecule has 9 heteroatoms. The highest BCUT2D eigenvalue weighted by atomic mass is 32.2. The van der Waals surface area contributed by atoms with Crippen LogP contribution in [0.15, 0.2) is 65.0 Å². The molecule has 1 unspecified atom stereocenters. The maximum absolute atomic E-state index is 13.7. The third kappa shape index (κ3) is 5.45. The Balaban J connectivity index is 1.72. The van der Waals surface area contributed by atoms with Gasteiger partial charge in [-0.1, -0.05) is 49.9 Å². The minimum Gasteiger partial charge on any atom is -0.494 e. The standard InChI is InChI=1S/C26H31N5O3S/c1-5-16-34-19-14-12-18(13-15-19)23-22(17(4)27-25-29-26(35-7-3)30-31(23)25)24(32)28-20-10-8-9-11-21(20)33-6-2/h8-15,23H,5-7,16H2,1-4H3,(H,28,32)(H,27,29,30). The lowest BCUT2D eigenvalue weighted by molar-refractivity contribution is -0.113. The number of carbonyl (C=O) groups excluding carboxylic acids is 1. The molecule has 2 heterocycles. The van der Waals surface area contributed by atoms with Crippen LogP contribution in [0, 0.1) is 0 Å². The lowest BCUT2D eigenvalue weighted by Crippen LogP contribution is -2.31. The van der Waals surface area contributed by atoms with Crippen molar-refractivity contribution in [3.8, 4) is 11.5 Å². The molecule has 8 nitrogen and oxygen atoms in total. The smallest absolute Gasteiger partial charge is 0.255 e. The minimum atomic E-state index is -0.454. The molecule has 35 heavy (non-hydrogen) atoms. The number of anilines is 2. The van der Waals surface area contributed by atoms with Crippen LogP contribution in [0.2, 0.25) is 0 Å². The monoisotopic (exact) mass is 493 g/mol. The fourth-order valence-corrected chi connectivity index (χ4v) is 4.49. The van der Waals surface area contributed by atoms with E-state index in [-0.39, 0.29) is 5.91 Å². The SMILES string of the molecule is CCCOc1ccc(C2C(C(=O)Nc3ccccc3OCC)=C(C)Nc3nc(SCC)nn32)cc1. The molecule has 0 saturated heterocycles. The van der Waals surface area contributed by atoms with Gasteiger partial charge in [-0.05, 0) is 55.9 Å². The molecule has 1 aromatic heterocycles. The van der Waals surface area contributed by atoms with Gasteiger partial charge in [0.2, 0.25) is 11.1 Å². The molecule has 0 bridgehead atoms. The lowest BCUT2D eigenvalue weighted by atomic mass is 9.95. The van der Waals surface area contributed by atoms with Crippen molar-refractivity contribution in [3.63, 3.8) is 0 Å². The molecule has 3 aromatic rings. The number of para-hydroxylation sites is 2. The largest absolute Gasteiger partial charge is 0.494 e. The summed E-state index contributed by atoms with van der Waals surface area (Å²) in [5.74, 6) is 2.65. The Morgan fingerprint density at radius 3 is 2.60 bits per heavy atom. The van der Waals surface area contributed by atoms with Crippen LogP contribution in [0.4, 0.5) is 11.6 Å². The first kappa shape index (κ1) is 24.7. The van der Waals surface area contributed by atoms with Crippen LogP contribution in [-0.4, -0.2) is 39.6 Å². The minimum absolute atomic E-state index is 0.232. The molecule has 4 rings (SSSR count). The van der Waals surface area contributed by atoms with E-state index in [1.165, 1.54) is 0 Å². The van der Waals surface area contributed by atoms with Crippen molar-refractivity contribution < 1.29 is 14.3 Å². The third-order valence-electron chi connectivity index (χ3n) is 5.46. The van der Waals surface area contributed by atoms with Gasteiger partial charge in [-0.15, -0.1) is 5.10 Å². The number of carbonyl (C=O) groups is 1. The van der Waals surface area contributed by atoms with Crippen LogP contribution >= 0.6 is 11.8 Å². The highest BCUT2D eigenvalue weighted by Crippen LogP contribution is 2.37. The van der Waals surface area contributed by atoms with E-state index in [2.05, 4.69) is 29.5 Å². The summed E-state index contributed by atoms with van der Waals surface area (Å²) in [4.78, 5) is 18.3. The summed E-state index contributed by atoms with van der Waals surface area (Å²) in [5.41, 5.74) is 2.81. The van der Waals surface area contributed by atoms with E-state index in [0.29, 0.717) is 41.3 Å². The number of thioether (sulfide) groups is 1. The number of allylic oxidation sites excluding steroid dienone is 1. The molecule has 1 atom stereocenters. The van der Waals surface area contributed by atoms with Crippen LogP contribution in [0.3, 0.4) is 0 Å². The second kappa shape index (κ2) is 11.3. The van der Waals surface area contributed by atoms with Gasteiger partial charge >= 0.3 is 0 Å². The average Bonchev–Trinajstić information content (AvgIpc) is 3.25. The number of ether oxygens (including phenoxy) is 2. The van der Waals surface area contributed by atoms with E-state index < -0.39 is 6.04 Å². The van der Waals surface area contributed by atoms with Crippen LogP contribution in [0.5, 0.6) is 11.5 Å². The molecular weight excluding hydrogens is 462 g/mol. The molecule has 0 spiro atoms. The van der Waals surface area contributed by atoms with Gasteiger partial charge in [0.05, 0.1) is 24.5 Å². The highest BCUT2D eigenvalue weighted by Gasteiger charge is 2.34. The first-order chi connectivity index (χ1) is 17.0. The van der Waals surface area contributed by atoms with Gasteiger partial charge in [0.25, 0.3) is 5.91 Å². The van der Waals surface area contributed by atoms with E-state index in [1.54, 1.807) is 16.4 Å². The number of nitrogens with one attached hydrogen (secondary N) is 2. The van der Waals surface area contributed by atoms with Crippen molar-refractivity contribution in [2.24, 2.45) is 0 Å². The van der Waals surface area contributed by atoms with Crippen molar-refractivity contribution in [2.45, 2.75) is 45.3 Å². The van der Waals surface area contributed by atoms with E-state index in [0.717, 1.165) is 29.2 Å². The molecule has 1 aliphatic rings. The number of fused-ring (bicyclic) bond motifs is 1. The summed E-state index contributed by atoms with van der Waals surface area (Å²) in [6, 6.07) is 14.8. The Morgan fingerprint density at radius 2 is 1.89 bits per heavy atom. The average molecular weight is 494 g/mol. The van der Waals surface area contributed by atoms with Gasteiger partial charge in [-0.3, -0.25) is 4.79 Å². The molecule has 2 aromatic carbocycles. The molecule has 184 valence electrons. The maximum atomic E-state index is 13.7. The number of rotatable bonds is 10. The van der Waals surface area contributed by atoms with Gasteiger partial charge in [-0.25, -0.2) is 4.68 Å². The molecule has 1 amide bonds. The summed E-state index contributed by atoms with van der Waals surface area (Å²) in [6.07, 6.45) is 0.936. The Kier molecular flexibility index (Phi) is 7.97. The zero-order chi connectivity index (χ0) is 24.8. The normalized spacial score (nSPS) is 14.8. The van der Waals surface area contributed by atoms with E-state index >= 15 is 0 Å². The zero-order valence-corrected chi connectivity index (χ0v) is 21.3. The predicted octanol–water partition coefficient (Wildman–Crippen LogP) is 5.51. The van der Waals surface area contributed by atoms with Gasteiger partial charge in [0.1, 0.15) is 17.5 Å². The number of aromatic nitrogens is 3. The molecule has 0 radical (unpaired) electrons. The van der Waals surface area contributed by atoms with E-state index in [4.69, 9.17) is 14.6 Å². The van der Waals surface area contributed by atoms with Crippen molar-refractivity contribution in [1.82, 2.24) is 14.8 Å². The first-order valence-electron chi connectivity index (χ1n) is 11.9. The molecule has 1 aliphatic heterocycles. The summed E-state index contributed by atoms with van der Waals surface area (Å²) >= 11 is 1.56. The highest BCUT2D eigenvalue weighted by molar-refractivity contribution is 7.99. The summed E-state index contributed by atoms with van der Waals surface area (Å²) in [7, 11) is 0. The summed E-state index contributed by atoms with van der Waals surface area (Å²) in [5, 5.41) is 11.7. The predicted molar refractivity (Wildman–Crippen MR) is 139 cm³/mol. The van der Waals surface area contributed by atoms with Crippen LogP contribution in [-0.2, 0) is 4.79 Å². The van der Waals surface area contributed by atoms with Crippen molar-refractivity contribution in [1.29, 1.82) is 0 Å². The summed E-state index contributed by atoms with van der Waals surface area (Å²) in [6.45, 7) is 9.10. The van der Waals surface area contributed by atoms with E-state index in [9.17, 15) is 4.79 Å². The first-order valence-corrected chi connectivity index (χ1v) is 12.9. The Morgan fingerprint density at radius 1 is 1.11 bits per heavy atom. The Hall–Kier alpha value is -3.46. The van der Waals surface area contributed by atoms with Gasteiger partial charge in [-0.2, -0.15) is 4.98 Å². The Bertz CT molecular complexity index is 1210. The zero-order valence-electron chi connectivity index (χ0n) is 20.5. The second-order valence-electron chi connectivity index (χ2n) is 7.96. The molecular formula is C26H31N5O3S. The van der Waals surface area contributed by atoms with Crippen LogP contribution in [0.25, 0.3) is 0 Å². The third-order valence-corrected chi connectivity index (χ3v) is 6.17. The van der Waals surface area contributed by atoms with E-state index in [1.807, 2.05) is 62.4 Å². The van der Waals surface area contributed by atoms with Crippen molar-refractivity contribution in [2.75, 3.05) is 29.6 Å². The molecule has 0 saturated carbocycles. The number of hydrogen-bond acceptors (Lipinski definition) is 7. The van der Waals surface area contributed by atoms with Crippen molar-refractivity contribution >= 4 is 29.3 Å². The van der Waals surface area contributed by atoms with Gasteiger partial charge < -0.3 is 20.1 Å². The fourth-order valence-electron chi connectivity index (χ4n) is 3.93. The lowest BCUT2D eigenvalue weighted by Gasteiger charge is -2.29. The topological polar surface area (TPSA) is 90.3 Å². The fraction of sp³-hybridized carbons (Fsp3) is 0.346. The van der Waals surface area contributed by atoms with Crippen LogP contribution in [0.1, 0.15) is 45.7 Å². The molecule has 2 N–H and O–H groups in total. The molecule has 0 aliphatic carbocycles. The maximum Gasteiger partial charge on any atom is 0.255 e. The number of hydrogen-bond donors (Lipinski definition) is 2. The number of nitrogens with zero attached hydrogens (tertiary/aromatic N) is 3. The Labute approximate surface area is 210 Å². The number of amides is 1. The summed E-state index contributed by atoms with van der Waals surface area (Å²) < 4.78 is 13.3. The van der Waals surface area contributed by atoms with Gasteiger partial charge in [0.15, 0.2) is 0 Å². The van der Waals surface area contributed by atoms with Crippen LogP contribution < -0.4 is 20.1 Å². The van der Waals surface area contributed by atoms with Crippen molar-refractivity contribution in [3.05, 3.63) is 65.4 Å². The second-order valence-corrected chi connectivity index (χ2v) is 9.19. The molecule has 0 fully saturated rings. The number of benzene rings is 2. The van der Waals surface area contributed by atoms with Gasteiger partial charge in [0, 0.05) is 5.70 Å². The quantitative estimate of drug-likeness (QED) is 0.360.